The number of aliphatic hydroxyl groups excluding tert-OH is 1. The minimum absolute atomic E-state index is 0. The van der Waals surface area contributed by atoms with Gasteiger partial charge in [-0.3, -0.25) is 4.79 Å². The van der Waals surface area contributed by atoms with E-state index in [2.05, 4.69) is 5.32 Å². The van der Waals surface area contributed by atoms with Crippen molar-refractivity contribution < 1.29 is 14.6 Å². The molecule has 1 aromatic rings. The lowest BCUT2D eigenvalue weighted by molar-refractivity contribution is -0.121. The van der Waals surface area contributed by atoms with Gasteiger partial charge in [0.2, 0.25) is 5.91 Å². The number of aliphatic hydroxyl groups is 1. The van der Waals surface area contributed by atoms with E-state index >= 15 is 0 Å². The number of carbonyl (C=O) groups excluding carboxylic acids is 1. The Bertz CT molecular complexity index is 413. The van der Waals surface area contributed by atoms with E-state index in [9.17, 15) is 9.90 Å². The average molecular weight is 303 g/mol. The van der Waals surface area contributed by atoms with Gasteiger partial charge in [-0.1, -0.05) is 18.2 Å². The molecule has 0 saturated heterocycles. The molecule has 0 aliphatic heterocycles. The molecule has 114 valence electrons. The Hall–Kier alpha value is -1.30. The Morgan fingerprint density at radius 1 is 1.45 bits per heavy atom. The second kappa shape index (κ2) is 9.58. The zero-order chi connectivity index (χ0) is 14.3. The van der Waals surface area contributed by atoms with E-state index in [-0.39, 0.29) is 30.9 Å². The average Bonchev–Trinajstić information content (AvgIpc) is 2.42. The van der Waals surface area contributed by atoms with Gasteiger partial charge in [-0.05, 0) is 19.4 Å². The second-order valence-electron chi connectivity index (χ2n) is 4.58. The van der Waals surface area contributed by atoms with E-state index in [1.807, 2.05) is 19.1 Å². The number of para-hydroxylation sites is 1. The summed E-state index contributed by atoms with van der Waals surface area (Å²) in [5.74, 6) is 0.506. The summed E-state index contributed by atoms with van der Waals surface area (Å²) in [7, 11) is 1.55. The van der Waals surface area contributed by atoms with Gasteiger partial charge in [-0.2, -0.15) is 0 Å². The molecule has 0 aromatic heterocycles. The fourth-order valence-corrected chi connectivity index (χ4v) is 1.71. The number of methoxy groups -OCH3 is 1. The van der Waals surface area contributed by atoms with E-state index in [1.54, 1.807) is 19.2 Å². The first-order valence-electron chi connectivity index (χ1n) is 6.38. The van der Waals surface area contributed by atoms with Crippen LogP contribution < -0.4 is 15.8 Å². The van der Waals surface area contributed by atoms with Crippen LogP contribution in [0.4, 0.5) is 0 Å². The Balaban J connectivity index is 0.00000361. The number of ether oxygens (including phenoxy) is 1. The van der Waals surface area contributed by atoms with E-state index in [1.165, 1.54) is 0 Å². The van der Waals surface area contributed by atoms with Crippen molar-refractivity contribution in [2.24, 2.45) is 5.73 Å². The molecular weight excluding hydrogens is 280 g/mol. The molecule has 2 atom stereocenters. The number of benzene rings is 1. The minimum Gasteiger partial charge on any atom is -0.496 e. The van der Waals surface area contributed by atoms with Gasteiger partial charge in [0.25, 0.3) is 0 Å². The van der Waals surface area contributed by atoms with Crippen LogP contribution in [0.3, 0.4) is 0 Å². The van der Waals surface area contributed by atoms with Gasteiger partial charge in [0.15, 0.2) is 0 Å². The number of nitrogens with one attached hydrogen (secondary N) is 1. The molecule has 1 aromatic carbocycles. The van der Waals surface area contributed by atoms with Crippen molar-refractivity contribution in [3.8, 4) is 5.75 Å². The number of hydrogen-bond acceptors (Lipinski definition) is 4. The van der Waals surface area contributed by atoms with Crippen LogP contribution in [0, 0.1) is 0 Å². The molecule has 0 heterocycles. The molecule has 0 spiro atoms. The second-order valence-corrected chi connectivity index (χ2v) is 4.58. The summed E-state index contributed by atoms with van der Waals surface area (Å²) in [6, 6.07) is 7.20. The standard InChI is InChI=1S/C14H22N2O3.ClH/c1-10(15)7-8-14(18)16-9-12(17)11-5-3-4-6-13(11)19-2;/h3-6,10,12,17H,7-9,15H2,1-2H3,(H,16,18);1H. The van der Waals surface area contributed by atoms with Gasteiger partial charge in [0, 0.05) is 24.6 Å². The first kappa shape index (κ1) is 18.7. The van der Waals surface area contributed by atoms with Crippen molar-refractivity contribution in [2.45, 2.75) is 31.9 Å². The van der Waals surface area contributed by atoms with E-state index in [4.69, 9.17) is 10.5 Å². The molecule has 2 unspecified atom stereocenters. The fourth-order valence-electron chi connectivity index (χ4n) is 1.71. The van der Waals surface area contributed by atoms with Crippen LogP contribution in [0.5, 0.6) is 5.75 Å². The van der Waals surface area contributed by atoms with Gasteiger partial charge >= 0.3 is 0 Å². The molecule has 0 bridgehead atoms. The maximum absolute atomic E-state index is 11.5. The maximum atomic E-state index is 11.5. The number of amides is 1. The van der Waals surface area contributed by atoms with Crippen LogP contribution >= 0.6 is 12.4 Å². The number of halogens is 1. The van der Waals surface area contributed by atoms with Crippen molar-refractivity contribution in [3.05, 3.63) is 29.8 Å². The lowest BCUT2D eigenvalue weighted by atomic mass is 10.1. The summed E-state index contributed by atoms with van der Waals surface area (Å²) >= 11 is 0. The van der Waals surface area contributed by atoms with Crippen LogP contribution in [0.15, 0.2) is 24.3 Å². The predicted molar refractivity (Wildman–Crippen MR) is 81.1 cm³/mol. The predicted octanol–water partition coefficient (Wildman–Crippen LogP) is 1.39. The highest BCUT2D eigenvalue weighted by atomic mass is 35.5. The third kappa shape index (κ3) is 6.23. The summed E-state index contributed by atoms with van der Waals surface area (Å²) in [5.41, 5.74) is 6.24. The zero-order valence-corrected chi connectivity index (χ0v) is 12.7. The molecular formula is C14H23ClN2O3. The van der Waals surface area contributed by atoms with E-state index in [0.717, 1.165) is 0 Å². The SMILES string of the molecule is COc1ccccc1C(O)CNC(=O)CCC(C)N.Cl. The van der Waals surface area contributed by atoms with Crippen LogP contribution in [0.25, 0.3) is 0 Å². The highest BCUT2D eigenvalue weighted by Crippen LogP contribution is 2.23. The van der Waals surface area contributed by atoms with E-state index < -0.39 is 6.10 Å². The molecule has 1 rings (SSSR count). The monoisotopic (exact) mass is 302 g/mol. The Kier molecular flexibility index (Phi) is 8.96. The summed E-state index contributed by atoms with van der Waals surface area (Å²) in [6.07, 6.45) is 0.225. The van der Waals surface area contributed by atoms with Gasteiger partial charge < -0.3 is 20.9 Å². The summed E-state index contributed by atoms with van der Waals surface area (Å²) in [6.45, 7) is 2.02. The van der Waals surface area contributed by atoms with Crippen LogP contribution in [0.1, 0.15) is 31.4 Å². The van der Waals surface area contributed by atoms with Gasteiger partial charge in [-0.15, -0.1) is 12.4 Å². The Morgan fingerprint density at radius 3 is 2.70 bits per heavy atom. The van der Waals surface area contributed by atoms with Crippen molar-refractivity contribution in [1.82, 2.24) is 5.32 Å². The highest BCUT2D eigenvalue weighted by Gasteiger charge is 2.13. The third-order valence-electron chi connectivity index (χ3n) is 2.82. The number of carbonyl (C=O) groups is 1. The first-order chi connectivity index (χ1) is 9.04. The molecule has 4 N–H and O–H groups in total. The highest BCUT2D eigenvalue weighted by molar-refractivity contribution is 5.85. The molecule has 0 saturated carbocycles. The lowest BCUT2D eigenvalue weighted by Gasteiger charge is -2.15. The largest absolute Gasteiger partial charge is 0.496 e. The van der Waals surface area contributed by atoms with Crippen molar-refractivity contribution >= 4 is 18.3 Å². The maximum Gasteiger partial charge on any atom is 0.220 e. The number of rotatable bonds is 7. The molecule has 1 amide bonds. The lowest BCUT2D eigenvalue weighted by Crippen LogP contribution is -2.29. The zero-order valence-electron chi connectivity index (χ0n) is 11.8. The fraction of sp³-hybridized carbons (Fsp3) is 0.500. The number of hydrogen-bond donors (Lipinski definition) is 3. The molecule has 20 heavy (non-hydrogen) atoms. The van der Waals surface area contributed by atoms with Crippen molar-refractivity contribution in [1.29, 1.82) is 0 Å². The van der Waals surface area contributed by atoms with Crippen LogP contribution in [0.2, 0.25) is 0 Å². The van der Waals surface area contributed by atoms with E-state index in [0.29, 0.717) is 24.2 Å². The quantitative estimate of drug-likeness (QED) is 0.711. The first-order valence-corrected chi connectivity index (χ1v) is 6.38. The minimum atomic E-state index is -0.782. The van der Waals surface area contributed by atoms with Crippen LogP contribution in [-0.2, 0) is 4.79 Å². The molecule has 5 nitrogen and oxygen atoms in total. The Morgan fingerprint density at radius 2 is 2.10 bits per heavy atom. The summed E-state index contributed by atoms with van der Waals surface area (Å²) in [5, 5.41) is 12.7. The molecule has 6 heteroatoms. The van der Waals surface area contributed by atoms with Gasteiger partial charge in [0.05, 0.1) is 13.2 Å². The third-order valence-corrected chi connectivity index (χ3v) is 2.82. The van der Waals surface area contributed by atoms with Gasteiger partial charge in [-0.25, -0.2) is 0 Å². The molecule has 0 radical (unpaired) electrons. The normalized spacial score (nSPS) is 13.0. The van der Waals surface area contributed by atoms with Gasteiger partial charge in [0.1, 0.15) is 5.75 Å². The van der Waals surface area contributed by atoms with Crippen molar-refractivity contribution in [2.75, 3.05) is 13.7 Å². The molecule has 0 fully saturated rings. The smallest absolute Gasteiger partial charge is 0.220 e. The topological polar surface area (TPSA) is 84.6 Å². The Labute approximate surface area is 125 Å². The van der Waals surface area contributed by atoms with Crippen LogP contribution in [-0.4, -0.2) is 30.7 Å². The van der Waals surface area contributed by atoms with Crippen molar-refractivity contribution in [3.63, 3.8) is 0 Å². The molecule has 0 aliphatic carbocycles. The number of nitrogens with two attached hydrogens (primary N) is 1. The summed E-state index contributed by atoms with van der Waals surface area (Å²) in [4.78, 5) is 11.5. The molecule has 0 aliphatic rings. The summed E-state index contributed by atoms with van der Waals surface area (Å²) < 4.78 is 5.16.